The van der Waals surface area contributed by atoms with Gasteiger partial charge >= 0.3 is 6.18 Å². The molecule has 0 saturated heterocycles. The number of halogens is 3. The van der Waals surface area contributed by atoms with E-state index in [0.717, 1.165) is 17.7 Å². The first-order chi connectivity index (χ1) is 15.4. The Bertz CT molecular complexity index is 1200. The number of benzene rings is 2. The molecule has 1 amide bonds. The van der Waals surface area contributed by atoms with E-state index in [4.69, 9.17) is 0 Å². The number of rotatable bonds is 5. The number of nitrogens with one attached hydrogen (secondary N) is 1. The van der Waals surface area contributed by atoms with Gasteiger partial charge in [0.1, 0.15) is 5.56 Å². The predicted molar refractivity (Wildman–Crippen MR) is 121 cm³/mol. The number of alkyl halides is 3. The van der Waals surface area contributed by atoms with Crippen LogP contribution >= 0.6 is 0 Å². The van der Waals surface area contributed by atoms with Crippen molar-refractivity contribution in [3.05, 3.63) is 105 Å². The fourth-order valence-electron chi connectivity index (χ4n) is 3.12. The van der Waals surface area contributed by atoms with Gasteiger partial charge < -0.3 is 4.57 Å². The van der Waals surface area contributed by atoms with Crippen molar-refractivity contribution in [2.24, 2.45) is 5.10 Å². The van der Waals surface area contributed by atoms with Crippen LogP contribution in [0.4, 0.5) is 13.2 Å². The van der Waals surface area contributed by atoms with Crippen LogP contribution in [0.5, 0.6) is 0 Å². The fourth-order valence-corrected chi connectivity index (χ4v) is 3.12. The second-order valence-corrected chi connectivity index (χ2v) is 8.62. The van der Waals surface area contributed by atoms with Crippen LogP contribution in [0.2, 0.25) is 0 Å². The van der Waals surface area contributed by atoms with Crippen LogP contribution in [-0.4, -0.2) is 16.7 Å². The molecule has 0 aliphatic rings. The summed E-state index contributed by atoms with van der Waals surface area (Å²) < 4.78 is 39.3. The van der Waals surface area contributed by atoms with E-state index in [1.54, 1.807) is 12.3 Å². The Morgan fingerprint density at radius 3 is 2.15 bits per heavy atom. The molecule has 0 bridgehead atoms. The van der Waals surface area contributed by atoms with Crippen molar-refractivity contribution in [3.8, 4) is 0 Å². The minimum atomic E-state index is -4.42. The van der Waals surface area contributed by atoms with Crippen LogP contribution in [0, 0.1) is 0 Å². The van der Waals surface area contributed by atoms with Crippen LogP contribution in [0.25, 0.3) is 0 Å². The smallest absolute Gasteiger partial charge is 0.310 e. The number of carbonyl (C=O) groups excluding carboxylic acids is 1. The van der Waals surface area contributed by atoms with Crippen molar-refractivity contribution in [1.29, 1.82) is 0 Å². The second-order valence-electron chi connectivity index (χ2n) is 8.62. The summed E-state index contributed by atoms with van der Waals surface area (Å²) in [4.78, 5) is 25.2. The second kappa shape index (κ2) is 9.44. The molecule has 1 N–H and O–H groups in total. The van der Waals surface area contributed by atoms with Gasteiger partial charge in [-0.25, -0.2) is 5.43 Å². The van der Waals surface area contributed by atoms with Crippen molar-refractivity contribution in [2.75, 3.05) is 0 Å². The standard InChI is InChI=1S/C25H24F3N3O2/c1-24(2,3)19-10-8-18(9-11-19)16-31-14-4-5-21(23(31)33)22(32)30-29-15-17-6-12-20(13-7-17)25(26,27)28/h4-15H,16H2,1-3H3,(H,30,32)/b29-15-. The molecule has 0 saturated carbocycles. The molecule has 0 spiro atoms. The van der Waals surface area contributed by atoms with Gasteiger partial charge in [-0.3, -0.25) is 9.59 Å². The Balaban J connectivity index is 1.69. The fraction of sp³-hybridized carbons (Fsp3) is 0.240. The monoisotopic (exact) mass is 455 g/mol. The molecule has 0 unspecified atom stereocenters. The number of hydrogen-bond donors (Lipinski definition) is 1. The highest BCUT2D eigenvalue weighted by Gasteiger charge is 2.29. The van der Waals surface area contributed by atoms with Crippen LogP contribution in [0.15, 0.2) is 76.8 Å². The van der Waals surface area contributed by atoms with E-state index in [1.165, 1.54) is 34.5 Å². The summed E-state index contributed by atoms with van der Waals surface area (Å²) >= 11 is 0. The van der Waals surface area contributed by atoms with E-state index >= 15 is 0 Å². The average molecular weight is 455 g/mol. The summed E-state index contributed by atoms with van der Waals surface area (Å²) in [6.45, 7) is 6.66. The number of carbonyl (C=O) groups is 1. The first-order valence-electron chi connectivity index (χ1n) is 10.2. The molecular weight excluding hydrogens is 431 g/mol. The SMILES string of the molecule is CC(C)(C)c1ccc(Cn2cccc(C(=O)N/N=C\c3ccc(C(F)(F)F)cc3)c2=O)cc1. The van der Waals surface area contributed by atoms with Crippen molar-refractivity contribution < 1.29 is 18.0 Å². The minimum Gasteiger partial charge on any atom is -0.310 e. The maximum atomic E-state index is 12.7. The average Bonchev–Trinajstić information content (AvgIpc) is 2.74. The van der Waals surface area contributed by atoms with E-state index < -0.39 is 23.2 Å². The van der Waals surface area contributed by atoms with Gasteiger partial charge in [-0.1, -0.05) is 57.2 Å². The maximum absolute atomic E-state index is 12.7. The molecule has 1 aromatic heterocycles. The molecule has 1 heterocycles. The highest BCUT2D eigenvalue weighted by Crippen LogP contribution is 2.28. The highest BCUT2D eigenvalue weighted by molar-refractivity contribution is 5.94. The maximum Gasteiger partial charge on any atom is 0.416 e. The number of pyridine rings is 1. The summed E-state index contributed by atoms with van der Waals surface area (Å²) in [6.07, 6.45) is -1.62. The van der Waals surface area contributed by atoms with Gasteiger partial charge in [-0.15, -0.1) is 0 Å². The van der Waals surface area contributed by atoms with Crippen LogP contribution < -0.4 is 11.0 Å². The Hall–Kier alpha value is -3.68. The first kappa shape index (κ1) is 24.0. The molecule has 33 heavy (non-hydrogen) atoms. The third-order valence-electron chi connectivity index (χ3n) is 5.06. The molecule has 0 atom stereocenters. The van der Waals surface area contributed by atoms with E-state index in [9.17, 15) is 22.8 Å². The molecule has 2 aromatic carbocycles. The van der Waals surface area contributed by atoms with Gasteiger partial charge in [-0.05, 0) is 46.4 Å². The van der Waals surface area contributed by atoms with Gasteiger partial charge in [0, 0.05) is 6.20 Å². The van der Waals surface area contributed by atoms with Crippen LogP contribution in [0.1, 0.15) is 53.4 Å². The summed E-state index contributed by atoms with van der Waals surface area (Å²) in [6, 6.07) is 15.3. The third-order valence-corrected chi connectivity index (χ3v) is 5.06. The zero-order valence-electron chi connectivity index (χ0n) is 18.5. The summed E-state index contributed by atoms with van der Waals surface area (Å²) in [7, 11) is 0. The van der Waals surface area contributed by atoms with E-state index in [2.05, 4.69) is 31.3 Å². The van der Waals surface area contributed by atoms with Crippen molar-refractivity contribution in [2.45, 2.75) is 38.9 Å². The number of aromatic nitrogens is 1. The van der Waals surface area contributed by atoms with Gasteiger partial charge in [0.15, 0.2) is 0 Å². The lowest BCUT2D eigenvalue weighted by Crippen LogP contribution is -2.30. The zero-order chi connectivity index (χ0) is 24.2. The van der Waals surface area contributed by atoms with Gasteiger partial charge in [-0.2, -0.15) is 18.3 Å². The number of amides is 1. The normalized spacial score (nSPS) is 12.2. The zero-order valence-corrected chi connectivity index (χ0v) is 18.5. The van der Waals surface area contributed by atoms with Gasteiger partial charge in [0.05, 0.1) is 18.3 Å². The van der Waals surface area contributed by atoms with Crippen molar-refractivity contribution in [3.63, 3.8) is 0 Å². The summed E-state index contributed by atoms with van der Waals surface area (Å²) in [5, 5.41) is 3.74. The van der Waals surface area contributed by atoms with Crippen LogP contribution in [-0.2, 0) is 18.1 Å². The molecule has 0 radical (unpaired) electrons. The Morgan fingerprint density at radius 2 is 1.58 bits per heavy atom. The Morgan fingerprint density at radius 1 is 0.970 bits per heavy atom. The molecule has 3 rings (SSSR count). The minimum absolute atomic E-state index is 0.0221. The quantitative estimate of drug-likeness (QED) is 0.436. The number of hydrogen-bond acceptors (Lipinski definition) is 3. The molecule has 0 fully saturated rings. The Kier molecular flexibility index (Phi) is 6.86. The molecule has 5 nitrogen and oxygen atoms in total. The van der Waals surface area contributed by atoms with E-state index in [0.29, 0.717) is 12.1 Å². The van der Waals surface area contributed by atoms with Crippen molar-refractivity contribution in [1.82, 2.24) is 9.99 Å². The summed E-state index contributed by atoms with van der Waals surface area (Å²) in [5.41, 5.74) is 3.39. The van der Waals surface area contributed by atoms with Gasteiger partial charge in [0.25, 0.3) is 11.5 Å². The lowest BCUT2D eigenvalue weighted by atomic mass is 9.87. The topological polar surface area (TPSA) is 63.5 Å². The largest absolute Gasteiger partial charge is 0.416 e. The lowest BCUT2D eigenvalue weighted by molar-refractivity contribution is -0.137. The van der Waals surface area contributed by atoms with E-state index in [-0.39, 0.29) is 11.0 Å². The molecule has 8 heteroatoms. The molecule has 0 aliphatic carbocycles. The molecular formula is C25H24F3N3O2. The predicted octanol–water partition coefficient (Wildman–Crippen LogP) is 4.98. The molecule has 3 aromatic rings. The van der Waals surface area contributed by atoms with Crippen molar-refractivity contribution >= 4 is 12.1 Å². The third kappa shape index (κ3) is 6.19. The van der Waals surface area contributed by atoms with Gasteiger partial charge in [0.2, 0.25) is 0 Å². The Labute approximate surface area is 189 Å². The molecule has 0 aliphatic heterocycles. The van der Waals surface area contributed by atoms with E-state index in [1.807, 2.05) is 24.3 Å². The first-order valence-corrected chi connectivity index (χ1v) is 10.2. The number of hydrazone groups is 1. The van der Waals surface area contributed by atoms with Crippen LogP contribution in [0.3, 0.4) is 0 Å². The highest BCUT2D eigenvalue weighted by atomic mass is 19.4. The number of nitrogens with zero attached hydrogens (tertiary/aromatic N) is 2. The summed E-state index contributed by atoms with van der Waals surface area (Å²) in [5.74, 6) is -0.708. The lowest BCUT2D eigenvalue weighted by Gasteiger charge is -2.19. The molecule has 172 valence electrons.